The van der Waals surface area contributed by atoms with Crippen LogP contribution in [0.25, 0.3) is 0 Å². The van der Waals surface area contributed by atoms with E-state index in [0.717, 1.165) is 16.7 Å². The maximum absolute atomic E-state index is 12.4. The van der Waals surface area contributed by atoms with Crippen molar-refractivity contribution in [2.75, 3.05) is 6.54 Å². The molecule has 0 radical (unpaired) electrons. The smallest absolute Gasteiger partial charge is 0.331 e. The van der Waals surface area contributed by atoms with Gasteiger partial charge >= 0.3 is 5.97 Å². The highest BCUT2D eigenvalue weighted by molar-refractivity contribution is 5.85. The van der Waals surface area contributed by atoms with E-state index >= 15 is 0 Å². The molecule has 1 aromatic carbocycles. The van der Waals surface area contributed by atoms with Gasteiger partial charge in [-0.1, -0.05) is 24.3 Å². The number of furan rings is 1. The third kappa shape index (κ3) is 2.74. The fraction of sp³-hybridized carbons (Fsp3) is 0.294. The minimum Gasteiger partial charge on any atom is -0.479 e. The molecule has 5 heteroatoms. The number of benzene rings is 1. The van der Waals surface area contributed by atoms with Gasteiger partial charge in [0.15, 0.2) is 6.04 Å². The molecule has 1 aromatic heterocycles. The number of aliphatic carboxylic acids is 1. The highest BCUT2D eigenvalue weighted by atomic mass is 16.4. The first kappa shape index (κ1) is 14.4. The Hall–Kier alpha value is -2.56. The van der Waals surface area contributed by atoms with Crippen molar-refractivity contribution in [3.05, 3.63) is 59.5 Å². The van der Waals surface area contributed by atoms with E-state index in [1.165, 1.54) is 4.90 Å². The first-order valence-corrected chi connectivity index (χ1v) is 7.28. The summed E-state index contributed by atoms with van der Waals surface area (Å²) in [7, 11) is 0. The van der Waals surface area contributed by atoms with Crippen molar-refractivity contribution in [1.82, 2.24) is 4.90 Å². The van der Waals surface area contributed by atoms with Crippen LogP contribution in [0.2, 0.25) is 0 Å². The first-order valence-electron chi connectivity index (χ1n) is 7.28. The molecular formula is C17H17NO4. The van der Waals surface area contributed by atoms with Crippen LogP contribution in [0.5, 0.6) is 0 Å². The second-order valence-corrected chi connectivity index (χ2v) is 5.41. The number of aryl methyl sites for hydroxylation is 1. The maximum Gasteiger partial charge on any atom is 0.331 e. The average Bonchev–Trinajstić information content (AvgIpc) is 3.04. The summed E-state index contributed by atoms with van der Waals surface area (Å²) >= 11 is 0. The summed E-state index contributed by atoms with van der Waals surface area (Å²) in [6.45, 7) is 0.443. The minimum atomic E-state index is -0.983. The third-order valence-electron chi connectivity index (χ3n) is 4.05. The number of carboxylic acids is 1. The molecule has 0 spiro atoms. The number of carbonyl (C=O) groups excluding carboxylic acids is 1. The molecule has 114 valence electrons. The van der Waals surface area contributed by atoms with Crippen LogP contribution in [0.4, 0.5) is 0 Å². The van der Waals surface area contributed by atoms with E-state index in [1.54, 1.807) is 18.6 Å². The normalized spacial score (nSPS) is 17.1. The van der Waals surface area contributed by atoms with Gasteiger partial charge in [-0.2, -0.15) is 0 Å². The highest BCUT2D eigenvalue weighted by Crippen LogP contribution is 2.30. The zero-order chi connectivity index (χ0) is 15.5. The van der Waals surface area contributed by atoms with Crippen LogP contribution in [0.15, 0.2) is 47.3 Å². The molecule has 0 aliphatic carbocycles. The number of carboxylic acid groups (broad SMARTS) is 1. The van der Waals surface area contributed by atoms with Crippen LogP contribution in [0.3, 0.4) is 0 Å². The fourth-order valence-corrected chi connectivity index (χ4v) is 2.93. The van der Waals surface area contributed by atoms with E-state index < -0.39 is 12.0 Å². The van der Waals surface area contributed by atoms with Crippen molar-refractivity contribution < 1.29 is 19.1 Å². The monoisotopic (exact) mass is 299 g/mol. The minimum absolute atomic E-state index is 0.136. The molecule has 0 saturated carbocycles. The van der Waals surface area contributed by atoms with Gasteiger partial charge in [-0.15, -0.1) is 0 Å². The summed E-state index contributed by atoms with van der Waals surface area (Å²) in [5.41, 5.74) is 2.67. The van der Waals surface area contributed by atoms with Crippen molar-refractivity contribution >= 4 is 11.9 Å². The van der Waals surface area contributed by atoms with Crippen molar-refractivity contribution in [3.8, 4) is 0 Å². The molecular weight excluding hydrogens is 282 g/mol. The Morgan fingerprint density at radius 3 is 2.82 bits per heavy atom. The van der Waals surface area contributed by atoms with Crippen molar-refractivity contribution in [2.45, 2.75) is 25.3 Å². The lowest BCUT2D eigenvalue weighted by Gasteiger charge is -2.34. The Balaban J connectivity index is 1.78. The Bertz CT molecular complexity index is 678. The van der Waals surface area contributed by atoms with E-state index in [1.807, 2.05) is 24.3 Å². The molecule has 0 saturated heterocycles. The Morgan fingerprint density at radius 1 is 1.27 bits per heavy atom. The summed E-state index contributed by atoms with van der Waals surface area (Å²) in [5, 5.41) is 9.55. The third-order valence-corrected chi connectivity index (χ3v) is 4.05. The van der Waals surface area contributed by atoms with Gasteiger partial charge in [-0.3, -0.25) is 4.79 Å². The number of fused-ring (bicyclic) bond motifs is 1. The maximum atomic E-state index is 12.4. The average molecular weight is 299 g/mol. The number of hydrogen-bond acceptors (Lipinski definition) is 3. The molecule has 1 unspecified atom stereocenters. The van der Waals surface area contributed by atoms with Gasteiger partial charge in [-0.25, -0.2) is 4.79 Å². The number of rotatable bonds is 4. The lowest BCUT2D eigenvalue weighted by atomic mass is 9.92. The van der Waals surface area contributed by atoms with Crippen molar-refractivity contribution in [2.24, 2.45) is 0 Å². The van der Waals surface area contributed by atoms with Crippen LogP contribution in [-0.4, -0.2) is 28.4 Å². The molecule has 22 heavy (non-hydrogen) atoms. The summed E-state index contributed by atoms with van der Waals surface area (Å²) < 4.78 is 4.98. The number of carbonyl (C=O) groups is 2. The van der Waals surface area contributed by atoms with Gasteiger partial charge in [0, 0.05) is 13.0 Å². The Kier molecular flexibility index (Phi) is 3.96. The second kappa shape index (κ2) is 6.05. The topological polar surface area (TPSA) is 70.8 Å². The quantitative estimate of drug-likeness (QED) is 0.941. The van der Waals surface area contributed by atoms with Crippen LogP contribution in [0.1, 0.15) is 29.2 Å². The number of nitrogens with zero attached hydrogens (tertiary/aromatic N) is 1. The van der Waals surface area contributed by atoms with Gasteiger partial charge < -0.3 is 14.4 Å². The molecule has 0 fully saturated rings. The molecule has 1 aliphatic rings. The first-order chi connectivity index (χ1) is 10.7. The van der Waals surface area contributed by atoms with Crippen molar-refractivity contribution in [3.63, 3.8) is 0 Å². The number of hydrogen-bond donors (Lipinski definition) is 1. The van der Waals surface area contributed by atoms with Crippen LogP contribution in [-0.2, 0) is 22.4 Å². The largest absolute Gasteiger partial charge is 0.479 e. The lowest BCUT2D eigenvalue weighted by Crippen LogP contribution is -2.43. The molecule has 3 rings (SSSR count). The summed E-state index contributed by atoms with van der Waals surface area (Å²) in [4.78, 5) is 25.6. The van der Waals surface area contributed by atoms with Crippen molar-refractivity contribution in [1.29, 1.82) is 0 Å². The van der Waals surface area contributed by atoms with Crippen LogP contribution in [0, 0.1) is 0 Å². The predicted molar refractivity (Wildman–Crippen MR) is 79.3 cm³/mol. The summed E-state index contributed by atoms with van der Waals surface area (Å²) in [5.74, 6) is -1.12. The van der Waals surface area contributed by atoms with Gasteiger partial charge in [0.1, 0.15) is 0 Å². The molecule has 1 aliphatic heterocycles. The van der Waals surface area contributed by atoms with E-state index in [9.17, 15) is 14.7 Å². The SMILES string of the molecule is O=C(O)C1c2ccccc2CCN1C(=O)CCc1ccoc1. The van der Waals surface area contributed by atoms with Gasteiger partial charge in [0.05, 0.1) is 12.5 Å². The second-order valence-electron chi connectivity index (χ2n) is 5.41. The molecule has 1 atom stereocenters. The Labute approximate surface area is 128 Å². The van der Waals surface area contributed by atoms with Gasteiger partial charge in [0.2, 0.25) is 5.91 Å². The molecule has 2 aromatic rings. The van der Waals surface area contributed by atoms with E-state index in [0.29, 0.717) is 19.4 Å². The zero-order valence-corrected chi connectivity index (χ0v) is 12.1. The zero-order valence-electron chi connectivity index (χ0n) is 12.1. The molecule has 1 amide bonds. The number of amides is 1. The van der Waals surface area contributed by atoms with E-state index in [4.69, 9.17) is 4.42 Å². The molecule has 2 heterocycles. The van der Waals surface area contributed by atoms with Gasteiger partial charge in [-0.05, 0) is 35.6 Å². The van der Waals surface area contributed by atoms with Crippen LogP contribution < -0.4 is 0 Å². The predicted octanol–water partition coefficient (Wildman–Crippen LogP) is 2.42. The van der Waals surface area contributed by atoms with Crippen LogP contribution >= 0.6 is 0 Å². The summed E-state index contributed by atoms with van der Waals surface area (Å²) in [6.07, 6.45) is 4.70. The van der Waals surface area contributed by atoms with Gasteiger partial charge in [0.25, 0.3) is 0 Å². The van der Waals surface area contributed by atoms with E-state index in [-0.39, 0.29) is 12.3 Å². The standard InChI is InChI=1S/C17H17NO4/c19-15(6-5-12-8-10-22-11-12)18-9-7-13-3-1-2-4-14(13)16(18)17(20)21/h1-4,8,10-11,16H,5-7,9H2,(H,20,21). The molecule has 5 nitrogen and oxygen atoms in total. The molecule has 1 N–H and O–H groups in total. The molecule has 0 bridgehead atoms. The lowest BCUT2D eigenvalue weighted by molar-refractivity contribution is -0.151. The van der Waals surface area contributed by atoms with E-state index in [2.05, 4.69) is 0 Å². The summed E-state index contributed by atoms with van der Waals surface area (Å²) in [6, 6.07) is 8.36. The Morgan fingerprint density at radius 2 is 2.09 bits per heavy atom. The fourth-order valence-electron chi connectivity index (χ4n) is 2.93. The highest BCUT2D eigenvalue weighted by Gasteiger charge is 2.35.